The molecule has 0 spiro atoms. The fraction of sp³-hybridized carbons (Fsp3) is 0.455. The van der Waals surface area contributed by atoms with Crippen LogP contribution in [0.5, 0.6) is 5.88 Å². The van der Waals surface area contributed by atoms with Crippen molar-refractivity contribution in [1.29, 1.82) is 0 Å². The maximum absolute atomic E-state index is 11.5. The molecule has 1 fully saturated rings. The molecule has 14 heavy (non-hydrogen) atoms. The lowest BCUT2D eigenvalue weighted by molar-refractivity contribution is -0.119. The molecule has 2 rings (SSSR count). The van der Waals surface area contributed by atoms with Crippen molar-refractivity contribution in [2.24, 2.45) is 0 Å². The Labute approximate surface area is 83.1 Å². The minimum absolute atomic E-state index is 0.212. The maximum Gasteiger partial charge on any atom is 0.217 e. The van der Waals surface area contributed by atoms with Crippen LogP contribution in [0, 0.1) is 0 Å². The van der Waals surface area contributed by atoms with Gasteiger partial charge >= 0.3 is 0 Å². The third-order valence-electron chi connectivity index (χ3n) is 2.90. The molecule has 0 aliphatic heterocycles. The summed E-state index contributed by atoms with van der Waals surface area (Å²) in [5, 5.41) is 0. The third-order valence-corrected chi connectivity index (χ3v) is 2.90. The molecular weight excluding hydrogens is 178 g/mol. The molecule has 3 heteroatoms. The summed E-state index contributed by atoms with van der Waals surface area (Å²) < 4.78 is 5.16. The van der Waals surface area contributed by atoms with Gasteiger partial charge in [-0.1, -0.05) is 6.07 Å². The van der Waals surface area contributed by atoms with E-state index in [1.807, 2.05) is 12.1 Å². The predicted molar refractivity (Wildman–Crippen MR) is 52.4 cm³/mol. The molecule has 0 unspecified atom stereocenters. The molecule has 0 aromatic carbocycles. The van der Waals surface area contributed by atoms with Gasteiger partial charge in [0.1, 0.15) is 5.78 Å². The minimum Gasteiger partial charge on any atom is -0.481 e. The quantitative estimate of drug-likeness (QED) is 0.730. The molecule has 1 aromatic rings. The summed E-state index contributed by atoms with van der Waals surface area (Å²) >= 11 is 0. The first-order valence-electron chi connectivity index (χ1n) is 4.71. The van der Waals surface area contributed by atoms with Gasteiger partial charge in [0.2, 0.25) is 5.88 Å². The Bertz CT molecular complexity index is 369. The molecule has 1 saturated carbocycles. The van der Waals surface area contributed by atoms with Crippen LogP contribution in [0.2, 0.25) is 0 Å². The first kappa shape index (κ1) is 9.19. The normalized spacial score (nSPS) is 17.6. The van der Waals surface area contributed by atoms with E-state index in [0.29, 0.717) is 5.88 Å². The Morgan fingerprint density at radius 2 is 2.29 bits per heavy atom. The van der Waals surface area contributed by atoms with Crippen LogP contribution in [0.3, 0.4) is 0 Å². The highest BCUT2D eigenvalue weighted by atomic mass is 16.5. The molecule has 0 N–H and O–H groups in total. The van der Waals surface area contributed by atoms with Crippen LogP contribution in [0.25, 0.3) is 0 Å². The van der Waals surface area contributed by atoms with E-state index in [4.69, 9.17) is 4.74 Å². The molecule has 0 bridgehead atoms. The summed E-state index contributed by atoms with van der Waals surface area (Å²) in [5.74, 6) is 0.795. The first-order chi connectivity index (χ1) is 6.70. The van der Waals surface area contributed by atoms with Gasteiger partial charge < -0.3 is 4.74 Å². The number of pyridine rings is 1. The SMILES string of the molecule is COc1ncccc1C1(C(C)=O)CC1. The van der Waals surface area contributed by atoms with Gasteiger partial charge in [0, 0.05) is 11.8 Å². The number of rotatable bonds is 3. The van der Waals surface area contributed by atoms with Gasteiger partial charge in [-0.25, -0.2) is 4.98 Å². The summed E-state index contributed by atoms with van der Waals surface area (Å²) in [6.07, 6.45) is 3.52. The van der Waals surface area contributed by atoms with Crippen molar-refractivity contribution in [3.8, 4) is 5.88 Å². The molecule has 74 valence electrons. The topological polar surface area (TPSA) is 39.2 Å². The lowest BCUT2D eigenvalue weighted by atomic mass is 9.93. The highest BCUT2D eigenvalue weighted by molar-refractivity contribution is 5.91. The van der Waals surface area contributed by atoms with Gasteiger partial charge in [-0.3, -0.25) is 4.79 Å². The molecule has 1 aromatic heterocycles. The molecule has 3 nitrogen and oxygen atoms in total. The first-order valence-corrected chi connectivity index (χ1v) is 4.71. The van der Waals surface area contributed by atoms with E-state index in [2.05, 4.69) is 4.98 Å². The van der Waals surface area contributed by atoms with Crippen LogP contribution in [0.1, 0.15) is 25.3 Å². The van der Waals surface area contributed by atoms with Crippen LogP contribution >= 0.6 is 0 Å². The average molecular weight is 191 g/mol. The third kappa shape index (κ3) is 1.20. The van der Waals surface area contributed by atoms with Gasteiger partial charge in [0.25, 0.3) is 0 Å². The smallest absolute Gasteiger partial charge is 0.217 e. The van der Waals surface area contributed by atoms with E-state index in [-0.39, 0.29) is 11.2 Å². The Morgan fingerprint density at radius 3 is 2.79 bits per heavy atom. The molecular formula is C11H13NO2. The summed E-state index contributed by atoms with van der Waals surface area (Å²) in [5.41, 5.74) is 0.648. The zero-order valence-electron chi connectivity index (χ0n) is 8.41. The number of Topliss-reactive ketones (excluding diaryl/α,β-unsaturated/α-hetero) is 1. The average Bonchev–Trinajstić information content (AvgIpc) is 2.98. The second kappa shape index (κ2) is 3.08. The fourth-order valence-electron chi connectivity index (χ4n) is 1.85. The van der Waals surface area contributed by atoms with Crippen molar-refractivity contribution in [3.05, 3.63) is 23.9 Å². The van der Waals surface area contributed by atoms with Crippen molar-refractivity contribution in [3.63, 3.8) is 0 Å². The van der Waals surface area contributed by atoms with Crippen LogP contribution in [-0.4, -0.2) is 17.9 Å². The summed E-state index contributed by atoms with van der Waals surface area (Å²) in [6.45, 7) is 1.64. The van der Waals surface area contributed by atoms with E-state index < -0.39 is 0 Å². The second-order valence-corrected chi connectivity index (χ2v) is 3.70. The number of methoxy groups -OCH3 is 1. The monoisotopic (exact) mass is 191 g/mol. The van der Waals surface area contributed by atoms with Crippen LogP contribution < -0.4 is 4.74 Å². The molecule has 1 aliphatic rings. The lowest BCUT2D eigenvalue weighted by Crippen LogP contribution is -2.18. The molecule has 0 saturated heterocycles. The Morgan fingerprint density at radius 1 is 1.57 bits per heavy atom. The van der Waals surface area contributed by atoms with E-state index in [9.17, 15) is 4.79 Å². The van der Waals surface area contributed by atoms with Crippen molar-refractivity contribution in [2.75, 3.05) is 7.11 Å². The highest BCUT2D eigenvalue weighted by Gasteiger charge is 2.50. The Balaban J connectivity index is 2.46. The number of ether oxygens (including phenoxy) is 1. The zero-order chi connectivity index (χ0) is 10.2. The molecule has 1 aliphatic carbocycles. The molecule has 1 heterocycles. The van der Waals surface area contributed by atoms with E-state index >= 15 is 0 Å². The largest absolute Gasteiger partial charge is 0.481 e. The van der Waals surface area contributed by atoms with E-state index in [0.717, 1.165) is 18.4 Å². The van der Waals surface area contributed by atoms with E-state index in [1.165, 1.54) is 0 Å². The molecule has 0 radical (unpaired) electrons. The molecule has 0 amide bonds. The van der Waals surface area contributed by atoms with Crippen molar-refractivity contribution >= 4 is 5.78 Å². The van der Waals surface area contributed by atoms with E-state index in [1.54, 1.807) is 20.2 Å². The van der Waals surface area contributed by atoms with Crippen LogP contribution in [0.4, 0.5) is 0 Å². The van der Waals surface area contributed by atoms with Gasteiger partial charge in [0.15, 0.2) is 0 Å². The number of nitrogens with zero attached hydrogens (tertiary/aromatic N) is 1. The lowest BCUT2D eigenvalue weighted by Gasteiger charge is -2.14. The summed E-state index contributed by atoms with van der Waals surface area (Å²) in [4.78, 5) is 15.6. The summed E-state index contributed by atoms with van der Waals surface area (Å²) in [7, 11) is 1.59. The fourth-order valence-corrected chi connectivity index (χ4v) is 1.85. The number of carbonyl (C=O) groups is 1. The van der Waals surface area contributed by atoms with Crippen molar-refractivity contribution < 1.29 is 9.53 Å². The molecule has 0 atom stereocenters. The second-order valence-electron chi connectivity index (χ2n) is 3.70. The van der Waals surface area contributed by atoms with Crippen LogP contribution in [-0.2, 0) is 10.2 Å². The van der Waals surface area contributed by atoms with Gasteiger partial charge in [-0.05, 0) is 25.8 Å². The number of carbonyl (C=O) groups excluding carboxylic acids is 1. The number of ketones is 1. The van der Waals surface area contributed by atoms with Gasteiger partial charge in [0.05, 0.1) is 12.5 Å². The van der Waals surface area contributed by atoms with Crippen LogP contribution in [0.15, 0.2) is 18.3 Å². The predicted octanol–water partition coefficient (Wildman–Crippen LogP) is 1.71. The van der Waals surface area contributed by atoms with Gasteiger partial charge in [-0.2, -0.15) is 0 Å². The van der Waals surface area contributed by atoms with Gasteiger partial charge in [-0.15, -0.1) is 0 Å². The summed E-state index contributed by atoms with van der Waals surface area (Å²) in [6, 6.07) is 3.78. The minimum atomic E-state index is -0.292. The van der Waals surface area contributed by atoms with Crippen molar-refractivity contribution in [2.45, 2.75) is 25.2 Å². The maximum atomic E-state index is 11.5. The Hall–Kier alpha value is -1.38. The van der Waals surface area contributed by atoms with Crippen molar-refractivity contribution in [1.82, 2.24) is 4.98 Å². The number of hydrogen-bond donors (Lipinski definition) is 0. The standard InChI is InChI=1S/C11H13NO2/c1-8(13)11(5-6-11)9-4-3-7-12-10(9)14-2/h3-4,7H,5-6H2,1-2H3. The number of aromatic nitrogens is 1. The zero-order valence-corrected chi connectivity index (χ0v) is 8.41. The Kier molecular flexibility index (Phi) is 2.02. The number of hydrogen-bond acceptors (Lipinski definition) is 3. The highest BCUT2D eigenvalue weighted by Crippen LogP contribution is 2.51.